The molecule has 2 aliphatic heterocycles. The molecule has 2 saturated heterocycles. The van der Waals surface area contributed by atoms with Gasteiger partial charge < -0.3 is 10.2 Å². The Bertz CT molecular complexity index is 334. The molecule has 1 N–H and O–H groups in total. The van der Waals surface area contributed by atoms with Crippen molar-refractivity contribution in [3.8, 4) is 0 Å². The molecule has 2 unspecified atom stereocenters. The van der Waals surface area contributed by atoms with Gasteiger partial charge in [-0.3, -0.25) is 4.79 Å². The molecule has 2 heterocycles. The van der Waals surface area contributed by atoms with Crippen molar-refractivity contribution in [3.05, 3.63) is 0 Å². The molecule has 116 valence electrons. The van der Waals surface area contributed by atoms with Gasteiger partial charge in [-0.15, -0.1) is 0 Å². The number of nitrogens with zero attached hydrogens (tertiary/aromatic N) is 1. The predicted molar refractivity (Wildman–Crippen MR) is 70.2 cm³/mol. The Morgan fingerprint density at radius 2 is 1.85 bits per heavy atom. The van der Waals surface area contributed by atoms with E-state index in [0.717, 1.165) is 30.6 Å². The number of nitrogens with one attached hydrogen (secondary N) is 1. The molecular weight excluding hydrogens is 269 g/mol. The van der Waals surface area contributed by atoms with E-state index in [1.54, 1.807) is 6.92 Å². The highest BCUT2D eigenvalue weighted by Gasteiger charge is 2.37. The van der Waals surface area contributed by atoms with E-state index >= 15 is 0 Å². The Morgan fingerprint density at radius 1 is 1.25 bits per heavy atom. The number of hydrogen-bond donors (Lipinski definition) is 1. The van der Waals surface area contributed by atoms with Gasteiger partial charge >= 0.3 is 6.18 Å². The highest BCUT2D eigenvalue weighted by atomic mass is 19.4. The molecule has 20 heavy (non-hydrogen) atoms. The van der Waals surface area contributed by atoms with E-state index in [1.807, 2.05) is 0 Å². The van der Waals surface area contributed by atoms with E-state index in [-0.39, 0.29) is 24.8 Å². The zero-order chi connectivity index (χ0) is 14.8. The van der Waals surface area contributed by atoms with E-state index in [2.05, 4.69) is 5.32 Å². The summed E-state index contributed by atoms with van der Waals surface area (Å²) in [7, 11) is 0. The van der Waals surface area contributed by atoms with Crippen molar-refractivity contribution < 1.29 is 18.0 Å². The maximum atomic E-state index is 12.5. The summed E-state index contributed by atoms with van der Waals surface area (Å²) in [6.45, 7) is 0.870. The van der Waals surface area contributed by atoms with Gasteiger partial charge in [-0.2, -0.15) is 13.2 Å². The molecule has 0 aromatic rings. The van der Waals surface area contributed by atoms with Gasteiger partial charge in [0.1, 0.15) is 6.54 Å². The lowest BCUT2D eigenvalue weighted by molar-refractivity contribution is -0.162. The molecule has 0 radical (unpaired) electrons. The third-order valence-corrected chi connectivity index (χ3v) is 4.25. The highest BCUT2D eigenvalue weighted by molar-refractivity contribution is 5.76. The van der Waals surface area contributed by atoms with Gasteiger partial charge in [0.2, 0.25) is 5.91 Å². The normalized spacial score (nSPS) is 29.5. The van der Waals surface area contributed by atoms with E-state index in [1.165, 1.54) is 0 Å². The van der Waals surface area contributed by atoms with Crippen molar-refractivity contribution in [2.24, 2.45) is 5.92 Å². The molecule has 0 aromatic heterocycles. The van der Waals surface area contributed by atoms with Crippen LogP contribution in [0.4, 0.5) is 13.2 Å². The predicted octanol–water partition coefficient (Wildman–Crippen LogP) is 2.71. The van der Waals surface area contributed by atoms with Crippen LogP contribution in [0.15, 0.2) is 0 Å². The van der Waals surface area contributed by atoms with Crippen LogP contribution < -0.4 is 5.32 Å². The Labute approximate surface area is 117 Å². The first-order chi connectivity index (χ1) is 9.37. The van der Waals surface area contributed by atoms with Crippen molar-refractivity contribution in [2.75, 3.05) is 13.1 Å². The number of piperidine rings is 1. The summed E-state index contributed by atoms with van der Waals surface area (Å²) in [6.07, 6.45) is 0.637. The SMILES string of the molecule is CCCN(CC(F)(F)F)C(=O)CC1CC2CCC(C1)N2. The molecule has 0 aromatic carbocycles. The molecular formula is C14H23F3N2O. The maximum absolute atomic E-state index is 12.5. The minimum absolute atomic E-state index is 0.191. The first-order valence-corrected chi connectivity index (χ1v) is 7.48. The Hall–Kier alpha value is -0.780. The third-order valence-electron chi connectivity index (χ3n) is 4.25. The summed E-state index contributed by atoms with van der Waals surface area (Å²) in [5.41, 5.74) is 0. The van der Waals surface area contributed by atoms with Crippen molar-refractivity contribution in [1.29, 1.82) is 0 Å². The minimum Gasteiger partial charge on any atom is -0.334 e. The quantitative estimate of drug-likeness (QED) is 0.845. The van der Waals surface area contributed by atoms with E-state index in [0.29, 0.717) is 18.5 Å². The molecule has 2 bridgehead atoms. The Morgan fingerprint density at radius 3 is 2.35 bits per heavy atom. The highest BCUT2D eigenvalue weighted by Crippen LogP contribution is 2.33. The van der Waals surface area contributed by atoms with Crippen LogP contribution >= 0.6 is 0 Å². The van der Waals surface area contributed by atoms with Gasteiger partial charge in [-0.05, 0) is 38.0 Å². The summed E-state index contributed by atoms with van der Waals surface area (Å²) in [6, 6.07) is 0.933. The van der Waals surface area contributed by atoms with E-state index in [4.69, 9.17) is 0 Å². The Balaban J connectivity index is 1.87. The number of carbonyl (C=O) groups is 1. The molecule has 6 heteroatoms. The number of halogens is 3. The summed E-state index contributed by atoms with van der Waals surface area (Å²) >= 11 is 0. The molecule has 3 nitrogen and oxygen atoms in total. The fourth-order valence-electron chi connectivity index (χ4n) is 3.50. The molecule has 2 aliphatic rings. The van der Waals surface area contributed by atoms with Crippen molar-refractivity contribution in [2.45, 2.75) is 63.7 Å². The van der Waals surface area contributed by atoms with Crippen molar-refractivity contribution in [1.82, 2.24) is 10.2 Å². The first kappa shape index (κ1) is 15.6. The zero-order valence-electron chi connectivity index (χ0n) is 11.9. The fraction of sp³-hybridized carbons (Fsp3) is 0.929. The van der Waals surface area contributed by atoms with E-state index in [9.17, 15) is 18.0 Å². The van der Waals surface area contributed by atoms with Crippen LogP contribution in [0.25, 0.3) is 0 Å². The number of alkyl halides is 3. The van der Waals surface area contributed by atoms with Gasteiger partial charge in [-0.1, -0.05) is 6.92 Å². The summed E-state index contributed by atoms with van der Waals surface area (Å²) in [5.74, 6) is -0.0932. The molecule has 2 rings (SSSR count). The van der Waals surface area contributed by atoms with Gasteiger partial charge in [0.15, 0.2) is 0 Å². The van der Waals surface area contributed by atoms with Gasteiger partial charge in [0, 0.05) is 25.0 Å². The Kier molecular flexibility index (Phi) is 4.94. The second kappa shape index (κ2) is 6.33. The van der Waals surface area contributed by atoms with E-state index < -0.39 is 12.7 Å². The van der Waals surface area contributed by atoms with Crippen molar-refractivity contribution >= 4 is 5.91 Å². The first-order valence-electron chi connectivity index (χ1n) is 7.48. The van der Waals surface area contributed by atoms with Crippen LogP contribution in [0.3, 0.4) is 0 Å². The lowest BCUT2D eigenvalue weighted by atomic mass is 9.89. The number of hydrogen-bond acceptors (Lipinski definition) is 2. The topological polar surface area (TPSA) is 32.3 Å². The van der Waals surface area contributed by atoms with Crippen LogP contribution in [0, 0.1) is 5.92 Å². The minimum atomic E-state index is -4.31. The van der Waals surface area contributed by atoms with Crippen molar-refractivity contribution in [3.63, 3.8) is 0 Å². The van der Waals surface area contributed by atoms with Crippen LogP contribution in [-0.4, -0.2) is 42.2 Å². The van der Waals surface area contributed by atoms with Crippen LogP contribution in [0.5, 0.6) is 0 Å². The number of carbonyl (C=O) groups excluding carboxylic acids is 1. The van der Waals surface area contributed by atoms with Crippen LogP contribution in [-0.2, 0) is 4.79 Å². The average Bonchev–Trinajstić information content (AvgIpc) is 2.66. The van der Waals surface area contributed by atoms with Gasteiger partial charge in [0.05, 0.1) is 0 Å². The largest absolute Gasteiger partial charge is 0.406 e. The lowest BCUT2D eigenvalue weighted by Crippen LogP contribution is -2.43. The lowest BCUT2D eigenvalue weighted by Gasteiger charge is -2.31. The zero-order valence-corrected chi connectivity index (χ0v) is 11.9. The maximum Gasteiger partial charge on any atom is 0.406 e. The number of amides is 1. The summed E-state index contributed by atoms with van der Waals surface area (Å²) in [5, 5.41) is 3.48. The molecule has 0 aliphatic carbocycles. The average molecular weight is 292 g/mol. The summed E-state index contributed by atoms with van der Waals surface area (Å²) < 4.78 is 37.5. The molecule has 2 fully saturated rings. The van der Waals surface area contributed by atoms with Gasteiger partial charge in [0.25, 0.3) is 0 Å². The second-order valence-electron chi connectivity index (χ2n) is 6.11. The molecule has 1 amide bonds. The summed E-state index contributed by atoms with van der Waals surface area (Å²) in [4.78, 5) is 13.1. The number of fused-ring (bicyclic) bond motifs is 2. The smallest absolute Gasteiger partial charge is 0.334 e. The van der Waals surface area contributed by atoms with Gasteiger partial charge in [-0.25, -0.2) is 0 Å². The standard InChI is InChI=1S/C14H23F3N2O/c1-2-5-19(9-14(15,16)17)13(20)8-10-6-11-3-4-12(7-10)18-11/h10-12,18H,2-9H2,1H3. The monoisotopic (exact) mass is 292 g/mol. The van der Waals surface area contributed by atoms with Crippen LogP contribution in [0.2, 0.25) is 0 Å². The van der Waals surface area contributed by atoms with Crippen LogP contribution in [0.1, 0.15) is 45.4 Å². The number of rotatable bonds is 5. The third kappa shape index (κ3) is 4.36. The molecule has 0 saturated carbocycles. The second-order valence-corrected chi connectivity index (χ2v) is 6.11. The molecule has 0 spiro atoms. The molecule has 2 atom stereocenters. The fourth-order valence-corrected chi connectivity index (χ4v) is 3.50.